The van der Waals surface area contributed by atoms with Crippen LogP contribution in [0, 0.1) is 6.92 Å². The molecule has 0 bridgehead atoms. The summed E-state index contributed by atoms with van der Waals surface area (Å²) in [5.41, 5.74) is 4.20. The van der Waals surface area contributed by atoms with Gasteiger partial charge in [-0.3, -0.25) is 9.78 Å². The van der Waals surface area contributed by atoms with E-state index >= 15 is 0 Å². The number of amides is 1. The third-order valence-corrected chi connectivity index (χ3v) is 5.58. The van der Waals surface area contributed by atoms with Crippen LogP contribution in [0.15, 0.2) is 60.8 Å². The number of fused-ring (bicyclic) bond motifs is 1. The summed E-state index contributed by atoms with van der Waals surface area (Å²) >= 11 is 0. The lowest BCUT2D eigenvalue weighted by Gasteiger charge is -2.27. The van der Waals surface area contributed by atoms with Crippen molar-refractivity contribution in [2.24, 2.45) is 0 Å². The second kappa shape index (κ2) is 9.20. The number of hydrogen-bond donors (Lipinski definition) is 2. The van der Waals surface area contributed by atoms with E-state index in [9.17, 15) is 4.79 Å². The number of carbonyl (C=O) groups excluding carboxylic acids is 1. The second-order valence-electron chi connectivity index (χ2n) is 8.14. The highest BCUT2D eigenvalue weighted by atomic mass is 16.1. The zero-order valence-corrected chi connectivity index (χ0v) is 18.5. The first kappa shape index (κ1) is 20.8. The minimum atomic E-state index is -0.299. The van der Waals surface area contributed by atoms with Gasteiger partial charge >= 0.3 is 0 Å². The van der Waals surface area contributed by atoms with Gasteiger partial charge in [0.25, 0.3) is 5.91 Å². The maximum Gasteiger partial charge on any atom is 0.275 e. The molecule has 0 unspecified atom stereocenters. The van der Waals surface area contributed by atoms with E-state index < -0.39 is 0 Å². The maximum absolute atomic E-state index is 12.6. The molecular formula is C25H25N7O. The Balaban J connectivity index is 1.26. The number of nitrogens with zero attached hydrogens (tertiary/aromatic N) is 5. The number of hydrogen-bond acceptors (Lipinski definition) is 7. The van der Waals surface area contributed by atoms with Crippen molar-refractivity contribution in [2.45, 2.75) is 26.2 Å². The Morgan fingerprint density at radius 1 is 0.879 bits per heavy atom. The Bertz CT molecular complexity index is 1280. The lowest BCUT2D eigenvalue weighted by Crippen LogP contribution is -2.31. The van der Waals surface area contributed by atoms with Gasteiger partial charge in [-0.15, -0.1) is 0 Å². The van der Waals surface area contributed by atoms with Gasteiger partial charge in [-0.2, -0.15) is 4.98 Å². The Hall–Kier alpha value is -4.07. The third-order valence-electron chi connectivity index (χ3n) is 5.58. The predicted octanol–water partition coefficient (Wildman–Crippen LogP) is 4.71. The summed E-state index contributed by atoms with van der Waals surface area (Å²) in [5.74, 6) is 1.23. The lowest BCUT2D eigenvalue weighted by atomic mass is 10.1. The van der Waals surface area contributed by atoms with Crippen LogP contribution in [-0.4, -0.2) is 38.9 Å². The molecule has 0 saturated carbocycles. The number of piperidine rings is 1. The summed E-state index contributed by atoms with van der Waals surface area (Å²) in [4.78, 5) is 32.9. The minimum absolute atomic E-state index is 0.276. The smallest absolute Gasteiger partial charge is 0.275 e. The molecule has 33 heavy (non-hydrogen) atoms. The van der Waals surface area contributed by atoms with E-state index in [-0.39, 0.29) is 11.6 Å². The normalized spacial score (nSPS) is 13.7. The van der Waals surface area contributed by atoms with E-state index in [1.165, 1.54) is 25.5 Å². The van der Waals surface area contributed by atoms with Crippen molar-refractivity contribution in [1.29, 1.82) is 0 Å². The molecule has 0 atom stereocenters. The molecule has 1 saturated heterocycles. The first-order valence-electron chi connectivity index (χ1n) is 11.1. The number of anilines is 4. The van der Waals surface area contributed by atoms with Crippen LogP contribution >= 0.6 is 0 Å². The highest BCUT2D eigenvalue weighted by Gasteiger charge is 2.15. The van der Waals surface area contributed by atoms with E-state index in [2.05, 4.69) is 30.5 Å². The number of nitrogens with one attached hydrogen (secondary N) is 2. The molecule has 1 aliphatic heterocycles. The molecule has 1 aliphatic rings. The molecule has 4 aromatic rings. The highest BCUT2D eigenvalue weighted by Crippen LogP contribution is 2.22. The maximum atomic E-state index is 12.6. The van der Waals surface area contributed by atoms with Crippen molar-refractivity contribution in [3.8, 4) is 0 Å². The van der Waals surface area contributed by atoms with Crippen LogP contribution in [0.25, 0.3) is 11.0 Å². The number of para-hydroxylation sites is 2. The zero-order valence-electron chi connectivity index (χ0n) is 18.5. The molecule has 2 aromatic heterocycles. The van der Waals surface area contributed by atoms with E-state index in [0.717, 1.165) is 41.8 Å². The van der Waals surface area contributed by atoms with Crippen LogP contribution in [0.3, 0.4) is 0 Å². The van der Waals surface area contributed by atoms with Crippen molar-refractivity contribution in [3.63, 3.8) is 0 Å². The zero-order chi connectivity index (χ0) is 22.6. The first-order chi connectivity index (χ1) is 16.1. The van der Waals surface area contributed by atoms with Gasteiger partial charge in [0.15, 0.2) is 0 Å². The molecule has 0 spiro atoms. The number of benzene rings is 2. The monoisotopic (exact) mass is 439 g/mol. The molecule has 2 aromatic carbocycles. The van der Waals surface area contributed by atoms with Crippen molar-refractivity contribution in [1.82, 2.24) is 19.9 Å². The Kier molecular flexibility index (Phi) is 5.80. The van der Waals surface area contributed by atoms with Crippen LogP contribution in [0.5, 0.6) is 0 Å². The van der Waals surface area contributed by atoms with Crippen molar-refractivity contribution >= 4 is 40.1 Å². The van der Waals surface area contributed by atoms with Crippen LogP contribution in [0.4, 0.5) is 23.1 Å². The van der Waals surface area contributed by atoms with Gasteiger partial charge in [0.05, 0.1) is 17.2 Å². The third kappa shape index (κ3) is 4.90. The summed E-state index contributed by atoms with van der Waals surface area (Å²) in [5, 5.41) is 6.22. The summed E-state index contributed by atoms with van der Waals surface area (Å²) in [6.45, 7) is 3.98. The van der Waals surface area contributed by atoms with Gasteiger partial charge < -0.3 is 15.5 Å². The van der Waals surface area contributed by atoms with Crippen LogP contribution < -0.4 is 15.5 Å². The highest BCUT2D eigenvalue weighted by molar-refractivity contribution is 6.03. The molecule has 8 nitrogen and oxygen atoms in total. The minimum Gasteiger partial charge on any atom is -0.341 e. The Morgan fingerprint density at radius 3 is 2.39 bits per heavy atom. The number of carbonyl (C=O) groups is 1. The predicted molar refractivity (Wildman–Crippen MR) is 130 cm³/mol. The van der Waals surface area contributed by atoms with Crippen LogP contribution in [0.1, 0.15) is 35.4 Å². The van der Waals surface area contributed by atoms with Gasteiger partial charge in [-0.05, 0) is 62.6 Å². The van der Waals surface area contributed by atoms with E-state index in [4.69, 9.17) is 4.98 Å². The van der Waals surface area contributed by atoms with Gasteiger partial charge in [-0.25, -0.2) is 9.97 Å². The van der Waals surface area contributed by atoms with Gasteiger partial charge in [0.2, 0.25) is 5.95 Å². The SMILES string of the molecule is Cc1cc(Nc2ccc(NC(=O)c3cnc4ccccc4n3)cc2)nc(N2CCCCC2)n1. The van der Waals surface area contributed by atoms with Crippen LogP contribution in [-0.2, 0) is 0 Å². The molecule has 0 aliphatic carbocycles. The fourth-order valence-corrected chi connectivity index (χ4v) is 3.90. The molecule has 1 fully saturated rings. The topological polar surface area (TPSA) is 95.9 Å². The molecular weight excluding hydrogens is 414 g/mol. The van der Waals surface area contributed by atoms with Crippen molar-refractivity contribution in [2.75, 3.05) is 28.6 Å². The largest absolute Gasteiger partial charge is 0.341 e. The standard InChI is InChI=1S/C25H25N7O/c1-17-15-23(31-25(27-17)32-13-5-2-6-14-32)28-18-9-11-19(12-10-18)29-24(33)22-16-26-20-7-3-4-8-21(20)30-22/h3-4,7-12,15-16H,2,5-6,13-14H2,1H3,(H,29,33)(H,27,28,31). The summed E-state index contributed by atoms with van der Waals surface area (Å²) in [6.07, 6.45) is 5.12. The van der Waals surface area contributed by atoms with Crippen molar-refractivity contribution in [3.05, 3.63) is 72.2 Å². The lowest BCUT2D eigenvalue weighted by molar-refractivity contribution is 0.102. The molecule has 2 N–H and O–H groups in total. The van der Waals surface area contributed by atoms with Crippen molar-refractivity contribution < 1.29 is 4.79 Å². The molecule has 3 heterocycles. The van der Waals surface area contributed by atoms with E-state index in [1.54, 1.807) is 0 Å². The molecule has 8 heteroatoms. The first-order valence-corrected chi connectivity index (χ1v) is 11.1. The Labute approximate surface area is 192 Å². The summed E-state index contributed by atoms with van der Waals surface area (Å²) in [6, 6.07) is 16.9. The number of aromatic nitrogens is 4. The van der Waals surface area contributed by atoms with Crippen LogP contribution in [0.2, 0.25) is 0 Å². The fourth-order valence-electron chi connectivity index (χ4n) is 3.90. The number of aryl methyl sites for hydroxylation is 1. The molecule has 5 rings (SSSR count). The summed E-state index contributed by atoms with van der Waals surface area (Å²) < 4.78 is 0. The molecule has 166 valence electrons. The quantitative estimate of drug-likeness (QED) is 0.465. The molecule has 0 radical (unpaired) electrons. The van der Waals surface area contributed by atoms with E-state index in [1.807, 2.05) is 61.5 Å². The summed E-state index contributed by atoms with van der Waals surface area (Å²) in [7, 11) is 0. The fraction of sp³-hybridized carbons (Fsp3) is 0.240. The second-order valence-corrected chi connectivity index (χ2v) is 8.14. The van der Waals surface area contributed by atoms with E-state index in [0.29, 0.717) is 11.2 Å². The molecule has 1 amide bonds. The number of rotatable bonds is 5. The average molecular weight is 440 g/mol. The van der Waals surface area contributed by atoms with Gasteiger partial charge in [0.1, 0.15) is 11.5 Å². The average Bonchev–Trinajstić information content (AvgIpc) is 2.85. The van der Waals surface area contributed by atoms with Gasteiger partial charge in [0, 0.05) is 36.2 Å². The van der Waals surface area contributed by atoms with Gasteiger partial charge in [-0.1, -0.05) is 12.1 Å². The Morgan fingerprint density at radius 2 is 1.61 bits per heavy atom.